The van der Waals surface area contributed by atoms with Gasteiger partial charge in [-0.1, -0.05) is 41.9 Å². The Hall–Kier alpha value is -2.10. The number of halogens is 1. The Kier molecular flexibility index (Phi) is 4.37. The van der Waals surface area contributed by atoms with Gasteiger partial charge in [-0.15, -0.1) is 0 Å². The van der Waals surface area contributed by atoms with E-state index in [4.69, 9.17) is 11.6 Å². The van der Waals surface area contributed by atoms with E-state index >= 15 is 0 Å². The lowest BCUT2D eigenvalue weighted by Gasteiger charge is -2.36. The van der Waals surface area contributed by atoms with Gasteiger partial charge < -0.3 is 4.90 Å². The molecule has 0 N–H and O–H groups in total. The van der Waals surface area contributed by atoms with Crippen LogP contribution in [0.25, 0.3) is 10.9 Å². The first kappa shape index (κ1) is 15.4. The minimum Gasteiger partial charge on any atom is -0.368 e. The van der Waals surface area contributed by atoms with E-state index in [0.29, 0.717) is 0 Å². The molecule has 1 aromatic heterocycles. The number of piperazine rings is 1. The zero-order valence-corrected chi connectivity index (χ0v) is 14.3. The van der Waals surface area contributed by atoms with Gasteiger partial charge in [0.05, 0.1) is 16.2 Å². The molecule has 0 aliphatic carbocycles. The van der Waals surface area contributed by atoms with Crippen LogP contribution in [0.15, 0.2) is 60.8 Å². The molecule has 1 aliphatic rings. The number of anilines is 1. The van der Waals surface area contributed by atoms with Crippen LogP contribution in [-0.2, 0) is 6.54 Å². The third-order valence-electron chi connectivity index (χ3n) is 4.62. The van der Waals surface area contributed by atoms with Crippen molar-refractivity contribution >= 4 is 28.2 Å². The molecule has 1 aliphatic heterocycles. The van der Waals surface area contributed by atoms with E-state index < -0.39 is 0 Å². The SMILES string of the molecule is Clc1ccccc1N1CCN(Cc2cnc3ccccc3c2)CC1. The summed E-state index contributed by atoms with van der Waals surface area (Å²) in [7, 11) is 0. The van der Waals surface area contributed by atoms with E-state index in [1.165, 1.54) is 10.9 Å². The zero-order valence-electron chi connectivity index (χ0n) is 13.5. The fraction of sp³-hybridized carbons (Fsp3) is 0.250. The second-order valence-electron chi connectivity index (χ2n) is 6.25. The van der Waals surface area contributed by atoms with Gasteiger partial charge in [-0.05, 0) is 29.8 Å². The molecule has 0 saturated carbocycles. The van der Waals surface area contributed by atoms with Crippen LogP contribution < -0.4 is 4.90 Å². The molecule has 4 heteroatoms. The number of rotatable bonds is 3. The lowest BCUT2D eigenvalue weighted by molar-refractivity contribution is 0.250. The molecular formula is C20H20ClN3. The van der Waals surface area contributed by atoms with Crippen LogP contribution in [0.3, 0.4) is 0 Å². The van der Waals surface area contributed by atoms with E-state index in [0.717, 1.165) is 49.0 Å². The van der Waals surface area contributed by atoms with Crippen LogP contribution in [-0.4, -0.2) is 36.1 Å². The van der Waals surface area contributed by atoms with Crippen LogP contribution in [0.1, 0.15) is 5.56 Å². The maximum absolute atomic E-state index is 6.32. The Balaban J connectivity index is 1.41. The molecule has 122 valence electrons. The molecule has 1 fully saturated rings. The number of pyridine rings is 1. The average Bonchev–Trinajstić information content (AvgIpc) is 2.63. The topological polar surface area (TPSA) is 19.4 Å². The van der Waals surface area contributed by atoms with Gasteiger partial charge in [-0.2, -0.15) is 0 Å². The standard InChI is InChI=1S/C20H20ClN3/c21-18-6-2-4-8-20(18)24-11-9-23(10-12-24)15-16-13-17-5-1-3-7-19(17)22-14-16/h1-8,13-14H,9-12,15H2. The normalized spacial score (nSPS) is 15.8. The summed E-state index contributed by atoms with van der Waals surface area (Å²) in [4.78, 5) is 9.42. The molecule has 3 nitrogen and oxygen atoms in total. The highest BCUT2D eigenvalue weighted by Gasteiger charge is 2.18. The Morgan fingerprint density at radius 1 is 0.917 bits per heavy atom. The van der Waals surface area contributed by atoms with Gasteiger partial charge in [0.25, 0.3) is 0 Å². The predicted molar refractivity (Wildman–Crippen MR) is 101 cm³/mol. The van der Waals surface area contributed by atoms with Crippen molar-refractivity contribution in [1.29, 1.82) is 0 Å². The van der Waals surface area contributed by atoms with Gasteiger partial charge in [-0.3, -0.25) is 9.88 Å². The molecule has 4 rings (SSSR count). The Labute approximate surface area is 147 Å². The second-order valence-corrected chi connectivity index (χ2v) is 6.66. The molecule has 0 radical (unpaired) electrons. The molecule has 0 spiro atoms. The van der Waals surface area contributed by atoms with E-state index in [1.807, 2.05) is 30.5 Å². The summed E-state index contributed by atoms with van der Waals surface area (Å²) >= 11 is 6.32. The van der Waals surface area contributed by atoms with Crippen molar-refractivity contribution in [2.45, 2.75) is 6.54 Å². The summed E-state index contributed by atoms with van der Waals surface area (Å²) in [6.45, 7) is 5.04. The third-order valence-corrected chi connectivity index (χ3v) is 4.94. The Morgan fingerprint density at radius 3 is 2.50 bits per heavy atom. The van der Waals surface area contributed by atoms with Gasteiger partial charge in [-0.25, -0.2) is 0 Å². The van der Waals surface area contributed by atoms with E-state index in [-0.39, 0.29) is 0 Å². The number of nitrogens with zero attached hydrogens (tertiary/aromatic N) is 3. The summed E-state index contributed by atoms with van der Waals surface area (Å²) in [5.41, 5.74) is 3.48. The lowest BCUT2D eigenvalue weighted by Crippen LogP contribution is -2.46. The highest BCUT2D eigenvalue weighted by Crippen LogP contribution is 2.26. The molecule has 1 saturated heterocycles. The summed E-state index contributed by atoms with van der Waals surface area (Å²) in [6, 6.07) is 18.6. The van der Waals surface area contributed by atoms with Gasteiger partial charge in [0.15, 0.2) is 0 Å². The van der Waals surface area contributed by atoms with Crippen molar-refractivity contribution in [3.05, 3.63) is 71.4 Å². The number of hydrogen-bond acceptors (Lipinski definition) is 3. The van der Waals surface area contributed by atoms with Crippen LogP contribution in [0.4, 0.5) is 5.69 Å². The quantitative estimate of drug-likeness (QED) is 0.713. The minimum absolute atomic E-state index is 0.838. The van der Waals surface area contributed by atoms with Gasteiger partial charge in [0, 0.05) is 44.3 Å². The van der Waals surface area contributed by atoms with Crippen molar-refractivity contribution in [1.82, 2.24) is 9.88 Å². The van der Waals surface area contributed by atoms with Gasteiger partial charge in [0.1, 0.15) is 0 Å². The number of para-hydroxylation sites is 2. The smallest absolute Gasteiger partial charge is 0.0702 e. The summed E-state index contributed by atoms with van der Waals surface area (Å²) in [5.74, 6) is 0. The number of hydrogen-bond donors (Lipinski definition) is 0. The van der Waals surface area contributed by atoms with Crippen molar-refractivity contribution in [3.63, 3.8) is 0 Å². The predicted octanol–water partition coefficient (Wildman–Crippen LogP) is 4.21. The van der Waals surface area contributed by atoms with Crippen molar-refractivity contribution < 1.29 is 0 Å². The van der Waals surface area contributed by atoms with Crippen molar-refractivity contribution in [3.8, 4) is 0 Å². The summed E-state index contributed by atoms with van der Waals surface area (Å²) < 4.78 is 0. The van der Waals surface area contributed by atoms with Crippen molar-refractivity contribution in [2.75, 3.05) is 31.1 Å². The average molecular weight is 338 g/mol. The van der Waals surface area contributed by atoms with Crippen LogP contribution in [0.2, 0.25) is 5.02 Å². The van der Waals surface area contributed by atoms with E-state index in [9.17, 15) is 0 Å². The molecule has 0 atom stereocenters. The van der Waals surface area contributed by atoms with Gasteiger partial charge in [0.2, 0.25) is 0 Å². The number of benzene rings is 2. The maximum atomic E-state index is 6.32. The summed E-state index contributed by atoms with van der Waals surface area (Å²) in [6.07, 6.45) is 2.00. The first-order valence-electron chi connectivity index (χ1n) is 8.35. The first-order valence-corrected chi connectivity index (χ1v) is 8.73. The molecule has 0 unspecified atom stereocenters. The van der Waals surface area contributed by atoms with E-state index in [1.54, 1.807) is 0 Å². The van der Waals surface area contributed by atoms with Crippen LogP contribution >= 0.6 is 11.6 Å². The second kappa shape index (κ2) is 6.80. The number of fused-ring (bicyclic) bond motifs is 1. The molecule has 3 aromatic rings. The van der Waals surface area contributed by atoms with Crippen molar-refractivity contribution in [2.24, 2.45) is 0 Å². The zero-order chi connectivity index (χ0) is 16.4. The Bertz CT molecular complexity index is 841. The fourth-order valence-corrected chi connectivity index (χ4v) is 3.57. The van der Waals surface area contributed by atoms with Crippen LogP contribution in [0.5, 0.6) is 0 Å². The Morgan fingerprint density at radius 2 is 1.67 bits per heavy atom. The molecule has 2 aromatic carbocycles. The highest BCUT2D eigenvalue weighted by atomic mass is 35.5. The lowest BCUT2D eigenvalue weighted by atomic mass is 10.1. The molecule has 24 heavy (non-hydrogen) atoms. The fourth-order valence-electron chi connectivity index (χ4n) is 3.32. The monoisotopic (exact) mass is 337 g/mol. The number of aromatic nitrogens is 1. The molecule has 0 bridgehead atoms. The van der Waals surface area contributed by atoms with E-state index in [2.05, 4.69) is 45.1 Å². The maximum Gasteiger partial charge on any atom is 0.0702 e. The largest absolute Gasteiger partial charge is 0.368 e. The summed E-state index contributed by atoms with van der Waals surface area (Å²) in [5, 5.41) is 2.05. The molecular weight excluding hydrogens is 318 g/mol. The van der Waals surface area contributed by atoms with Crippen LogP contribution in [0, 0.1) is 0 Å². The first-order chi connectivity index (χ1) is 11.8. The minimum atomic E-state index is 0.838. The highest BCUT2D eigenvalue weighted by molar-refractivity contribution is 6.33. The van der Waals surface area contributed by atoms with Gasteiger partial charge >= 0.3 is 0 Å². The molecule has 0 amide bonds. The third kappa shape index (κ3) is 3.23. The molecule has 2 heterocycles.